The van der Waals surface area contributed by atoms with Crippen molar-refractivity contribution in [3.63, 3.8) is 0 Å². The predicted octanol–water partition coefficient (Wildman–Crippen LogP) is 30.6. The second kappa shape index (κ2) is 29.0. The summed E-state index contributed by atoms with van der Waals surface area (Å²) in [5, 5.41) is 3.74. The van der Waals surface area contributed by atoms with E-state index in [4.69, 9.17) is 0 Å². The molecule has 0 radical (unpaired) electrons. The van der Waals surface area contributed by atoms with Crippen LogP contribution in [0.15, 0.2) is 344 Å². The highest BCUT2D eigenvalue weighted by Crippen LogP contribution is 2.63. The van der Waals surface area contributed by atoms with Crippen LogP contribution in [0.4, 0.5) is 28.4 Å². The molecule has 113 heavy (non-hydrogen) atoms. The Labute approximate surface area is 678 Å². The van der Waals surface area contributed by atoms with Crippen molar-refractivity contribution in [1.82, 2.24) is 0 Å². The minimum absolute atomic E-state index is 0.0109. The quantitative estimate of drug-likeness (QED) is 0.124. The van der Waals surface area contributed by atoms with Crippen LogP contribution in [0.2, 0.25) is 0 Å². The maximum atomic E-state index is 3.74. The molecule has 1 N–H and O–H groups in total. The van der Waals surface area contributed by atoms with Crippen LogP contribution in [-0.2, 0) is 21.7 Å². The van der Waals surface area contributed by atoms with E-state index in [1.54, 1.807) is 11.1 Å². The third-order valence-corrected chi connectivity index (χ3v) is 28.6. The molecule has 10 aliphatic rings. The molecule has 24 rings (SSSR count). The molecule has 3 heteroatoms. The van der Waals surface area contributed by atoms with Gasteiger partial charge in [0.2, 0.25) is 0 Å². The Kier molecular flexibility index (Phi) is 18.3. The Morgan fingerprint density at radius 3 is 1.06 bits per heavy atom. The van der Waals surface area contributed by atoms with Crippen LogP contribution >= 0.6 is 15.9 Å². The molecule has 0 saturated heterocycles. The van der Waals surface area contributed by atoms with Gasteiger partial charge in [-0.05, 0) is 307 Å². The summed E-state index contributed by atoms with van der Waals surface area (Å²) in [6, 6.07) is 125. The zero-order valence-corrected chi connectivity index (χ0v) is 67.2. The van der Waals surface area contributed by atoms with Gasteiger partial charge in [0.15, 0.2) is 0 Å². The highest BCUT2D eigenvalue weighted by molar-refractivity contribution is 9.10. The fraction of sp³-hybridized carbons (Fsp3) is 0.236. The van der Waals surface area contributed by atoms with Gasteiger partial charge in [-0.2, -0.15) is 0 Å². The van der Waals surface area contributed by atoms with Gasteiger partial charge in [-0.1, -0.05) is 311 Å². The fourth-order valence-corrected chi connectivity index (χ4v) is 23.6. The first-order valence-electron chi connectivity index (χ1n) is 41.9. The smallest absolute Gasteiger partial charge is 0.0540 e. The van der Waals surface area contributed by atoms with Gasteiger partial charge in [0.05, 0.1) is 5.69 Å². The zero-order valence-electron chi connectivity index (χ0n) is 65.6. The van der Waals surface area contributed by atoms with Gasteiger partial charge in [-0.25, -0.2) is 0 Å². The summed E-state index contributed by atoms with van der Waals surface area (Å²) in [4.78, 5) is 2.48. The van der Waals surface area contributed by atoms with Crippen molar-refractivity contribution in [2.45, 2.75) is 126 Å². The zero-order chi connectivity index (χ0) is 76.0. The molecular formula is C110H99BrN2. The molecule has 2 nitrogen and oxygen atoms in total. The minimum atomic E-state index is -0.0980. The van der Waals surface area contributed by atoms with E-state index in [1.807, 2.05) is 0 Å². The Balaban J connectivity index is 0.000000123. The number of nitrogens with one attached hydrogen (secondary N) is 1. The molecule has 8 saturated carbocycles. The number of halogens is 1. The summed E-state index contributed by atoms with van der Waals surface area (Å²) in [7, 11) is 0. The Bertz CT molecular complexity index is 5750. The number of rotatable bonds is 13. The summed E-state index contributed by atoms with van der Waals surface area (Å²) in [5.74, 6) is 5.94. The lowest BCUT2D eigenvalue weighted by Gasteiger charge is -2.57. The van der Waals surface area contributed by atoms with Gasteiger partial charge >= 0.3 is 0 Å². The van der Waals surface area contributed by atoms with Gasteiger partial charge in [0, 0.05) is 49.2 Å². The van der Waals surface area contributed by atoms with Crippen molar-refractivity contribution in [3.05, 3.63) is 378 Å². The molecule has 0 amide bonds. The molecule has 0 spiro atoms. The summed E-state index contributed by atoms with van der Waals surface area (Å²) in [5.41, 5.74) is 35.6. The first kappa shape index (κ1) is 71.2. The number of benzene rings is 14. The minimum Gasteiger partial charge on any atom is -0.355 e. The van der Waals surface area contributed by atoms with E-state index < -0.39 is 0 Å². The molecule has 0 aromatic heterocycles. The van der Waals surface area contributed by atoms with Crippen molar-refractivity contribution < 1.29 is 0 Å². The largest absolute Gasteiger partial charge is 0.355 e. The lowest BCUT2D eigenvalue weighted by atomic mass is 9.48. The summed E-state index contributed by atoms with van der Waals surface area (Å²) >= 11 is 3.52. The monoisotopic (exact) mass is 1530 g/mol. The van der Waals surface area contributed by atoms with Gasteiger partial charge in [-0.15, -0.1) is 0 Å². The van der Waals surface area contributed by atoms with E-state index >= 15 is 0 Å². The maximum Gasteiger partial charge on any atom is 0.0540 e. The molecule has 14 aromatic rings. The summed E-state index contributed by atoms with van der Waals surface area (Å²) in [6.45, 7) is 9.40. The molecule has 0 heterocycles. The van der Waals surface area contributed by atoms with Crippen molar-refractivity contribution >= 4 is 44.4 Å². The first-order valence-corrected chi connectivity index (χ1v) is 42.7. The number of hydrogen-bond acceptors (Lipinski definition) is 2. The summed E-state index contributed by atoms with van der Waals surface area (Å²) in [6.07, 6.45) is 17.6. The lowest BCUT2D eigenvalue weighted by Crippen LogP contribution is -2.48. The van der Waals surface area contributed by atoms with E-state index in [0.717, 1.165) is 62.7 Å². The number of anilines is 5. The third-order valence-electron chi connectivity index (χ3n) is 28.0. The molecule has 8 bridgehead atoms. The van der Waals surface area contributed by atoms with Crippen LogP contribution in [-0.4, -0.2) is 0 Å². The van der Waals surface area contributed by atoms with E-state index in [1.165, 1.54) is 194 Å². The molecule has 0 unspecified atom stereocenters. The molecule has 14 aromatic carbocycles. The van der Waals surface area contributed by atoms with Crippen molar-refractivity contribution in [2.24, 2.45) is 35.5 Å². The van der Waals surface area contributed by atoms with Crippen molar-refractivity contribution in [2.75, 3.05) is 10.2 Å². The van der Waals surface area contributed by atoms with E-state index in [2.05, 4.69) is 394 Å². The van der Waals surface area contributed by atoms with Crippen LogP contribution < -0.4 is 10.2 Å². The van der Waals surface area contributed by atoms with E-state index in [0.29, 0.717) is 10.8 Å². The highest BCUT2D eigenvalue weighted by atomic mass is 79.9. The van der Waals surface area contributed by atoms with Crippen molar-refractivity contribution in [1.29, 1.82) is 0 Å². The SMILES string of the molecule is Brc1ccc(-c2ccc(C34CC5CC(CC(C5)C3)C4)cc2)cc1.CC1(C)c2ccccc2-c2ccc(N(c3ccc(-c4ccc(C56CC7CC(CC(C7)C5)C6)cc4)cc3)c3ccc(-c4ccccc4)cc3-c3ccccc3)cc21.CC1(C)c2ccccc2-c2ccc(Nc3ccc(-c4ccccc4)cc3-c3ccccc3)cc21. The van der Waals surface area contributed by atoms with Gasteiger partial charge in [0.1, 0.15) is 0 Å². The first-order chi connectivity index (χ1) is 55.2. The molecule has 10 aliphatic carbocycles. The molecule has 8 fully saturated rings. The highest BCUT2D eigenvalue weighted by Gasteiger charge is 2.53. The van der Waals surface area contributed by atoms with Gasteiger partial charge in [0.25, 0.3) is 0 Å². The van der Waals surface area contributed by atoms with E-state index in [-0.39, 0.29) is 10.8 Å². The average molecular weight is 1530 g/mol. The van der Waals surface area contributed by atoms with Crippen LogP contribution in [0.5, 0.6) is 0 Å². The topological polar surface area (TPSA) is 15.3 Å². The summed E-state index contributed by atoms with van der Waals surface area (Å²) < 4.78 is 1.14. The standard InChI is InChI=1S/C55H49N.C33H27N.C22H23Br/c1-54(2)51-16-10-9-15-48(51)49-27-26-47(33-52(49)54)56(53-28-21-44(40-11-5-3-6-12-40)32-50(53)43-13-7-4-8-14-43)46-24-19-42(20-25-46)41-17-22-45(23-18-41)55-34-37-29-38(35-55)31-39(30-37)36-55;1-33(2)30-16-10-9-15-27(30)28-19-18-26(22-31(28)33)34-32-20-17-25(23-11-5-3-6-12-23)21-29(32)24-13-7-4-8-14-24;23-21-7-3-19(4-8-21)18-1-5-20(6-2-18)22-12-15-9-16(13-22)11-17(10-15)14-22/h3-28,32-33,37-39H,29-31,34-36H2,1-2H3;3-22,34H,1-2H3;1-8,15-17H,9-14H2. The molecule has 556 valence electrons. The van der Waals surface area contributed by atoms with Crippen LogP contribution in [0, 0.1) is 35.5 Å². The fourth-order valence-electron chi connectivity index (χ4n) is 23.3. The molecule has 0 atom stereocenters. The lowest BCUT2D eigenvalue weighted by molar-refractivity contribution is -0.00530. The van der Waals surface area contributed by atoms with Gasteiger partial charge in [-0.3, -0.25) is 0 Å². The van der Waals surface area contributed by atoms with Crippen LogP contribution in [0.3, 0.4) is 0 Å². The molecular weight excluding hydrogens is 1430 g/mol. The second-order valence-corrected chi connectivity index (χ2v) is 36.8. The Morgan fingerprint density at radius 2 is 0.602 bits per heavy atom. The number of nitrogens with zero attached hydrogens (tertiary/aromatic N) is 1. The van der Waals surface area contributed by atoms with Gasteiger partial charge < -0.3 is 10.2 Å². The van der Waals surface area contributed by atoms with E-state index in [9.17, 15) is 0 Å². The third kappa shape index (κ3) is 13.3. The van der Waals surface area contributed by atoms with Crippen LogP contribution in [0.25, 0.3) is 89.0 Å². The van der Waals surface area contributed by atoms with Crippen molar-refractivity contribution in [3.8, 4) is 89.0 Å². The average Bonchev–Trinajstić information content (AvgIpc) is 1.61. The normalized spacial score (nSPS) is 22.2. The molecule has 0 aliphatic heterocycles. The van der Waals surface area contributed by atoms with Crippen LogP contribution in [0.1, 0.15) is 138 Å². The second-order valence-electron chi connectivity index (χ2n) is 35.9. The Hall–Kier alpha value is -10.8. The number of hydrogen-bond donors (Lipinski definition) is 1. The Morgan fingerprint density at radius 1 is 0.265 bits per heavy atom. The maximum absolute atomic E-state index is 3.74. The predicted molar refractivity (Wildman–Crippen MR) is 479 cm³/mol. The number of fused-ring (bicyclic) bond motifs is 6.